The first kappa shape index (κ1) is 12.6. The van der Waals surface area contributed by atoms with E-state index in [2.05, 4.69) is 10.3 Å². The molecule has 5 nitrogen and oxygen atoms in total. The zero-order valence-electron chi connectivity index (χ0n) is 9.51. The lowest BCUT2D eigenvalue weighted by atomic mass is 10.2. The molecule has 1 aromatic heterocycles. The average molecular weight is 223 g/mol. The molecule has 0 aliphatic rings. The Labute approximate surface area is 95.0 Å². The summed E-state index contributed by atoms with van der Waals surface area (Å²) in [6, 6.07) is 3.07. The van der Waals surface area contributed by atoms with Crippen LogP contribution in [0.2, 0.25) is 0 Å². The van der Waals surface area contributed by atoms with Crippen molar-refractivity contribution in [2.75, 3.05) is 7.05 Å². The third kappa shape index (κ3) is 3.60. The highest BCUT2D eigenvalue weighted by Crippen LogP contribution is 2.04. The standard InChI is InChI=1S/C11H17N3O2/c1-8(10(12)11(15)13-2)16-7-9-3-5-14-6-4-9/h3-6,8,10H,7,12H2,1-2H3,(H,13,15)/t8-,10+/m1/s1. The van der Waals surface area contributed by atoms with Crippen molar-refractivity contribution in [3.8, 4) is 0 Å². The summed E-state index contributed by atoms with van der Waals surface area (Å²) in [5, 5.41) is 2.49. The Morgan fingerprint density at radius 2 is 2.19 bits per heavy atom. The molecule has 1 aromatic rings. The fraction of sp³-hybridized carbons (Fsp3) is 0.455. The number of ether oxygens (including phenoxy) is 1. The van der Waals surface area contributed by atoms with Gasteiger partial charge in [0.05, 0.1) is 12.7 Å². The first-order chi connectivity index (χ1) is 7.65. The van der Waals surface area contributed by atoms with Gasteiger partial charge in [-0.15, -0.1) is 0 Å². The molecule has 0 aromatic carbocycles. The quantitative estimate of drug-likeness (QED) is 0.740. The van der Waals surface area contributed by atoms with Crippen molar-refractivity contribution < 1.29 is 9.53 Å². The van der Waals surface area contributed by atoms with Gasteiger partial charge < -0.3 is 15.8 Å². The van der Waals surface area contributed by atoms with Crippen molar-refractivity contribution in [1.82, 2.24) is 10.3 Å². The lowest BCUT2D eigenvalue weighted by Gasteiger charge is -2.18. The number of nitrogens with one attached hydrogen (secondary N) is 1. The SMILES string of the molecule is CNC(=O)[C@@H](N)[C@@H](C)OCc1ccncc1. The van der Waals surface area contributed by atoms with Crippen LogP contribution in [0.4, 0.5) is 0 Å². The van der Waals surface area contributed by atoms with Crippen LogP contribution in [0, 0.1) is 0 Å². The molecule has 1 rings (SSSR count). The summed E-state index contributed by atoms with van der Waals surface area (Å²) in [6.07, 6.45) is 3.07. The predicted octanol–water partition coefficient (Wildman–Crippen LogP) is 0.0600. The van der Waals surface area contributed by atoms with E-state index >= 15 is 0 Å². The van der Waals surface area contributed by atoms with Crippen molar-refractivity contribution in [2.45, 2.75) is 25.7 Å². The number of carbonyl (C=O) groups excluding carboxylic acids is 1. The fourth-order valence-electron chi connectivity index (χ4n) is 1.19. The molecular weight excluding hydrogens is 206 g/mol. The maximum absolute atomic E-state index is 11.2. The number of amides is 1. The second kappa shape index (κ2) is 6.19. The van der Waals surface area contributed by atoms with E-state index in [9.17, 15) is 4.79 Å². The molecule has 88 valence electrons. The van der Waals surface area contributed by atoms with Gasteiger partial charge in [0.15, 0.2) is 0 Å². The summed E-state index contributed by atoms with van der Waals surface area (Å²) < 4.78 is 5.50. The van der Waals surface area contributed by atoms with E-state index < -0.39 is 6.04 Å². The number of hydrogen-bond acceptors (Lipinski definition) is 4. The minimum atomic E-state index is -0.646. The Hall–Kier alpha value is -1.46. The van der Waals surface area contributed by atoms with Gasteiger partial charge in [-0.2, -0.15) is 0 Å². The van der Waals surface area contributed by atoms with Crippen molar-refractivity contribution in [2.24, 2.45) is 5.73 Å². The van der Waals surface area contributed by atoms with Crippen molar-refractivity contribution in [3.05, 3.63) is 30.1 Å². The van der Waals surface area contributed by atoms with Gasteiger partial charge in [0, 0.05) is 19.4 Å². The van der Waals surface area contributed by atoms with Crippen LogP contribution in [0.1, 0.15) is 12.5 Å². The third-order valence-corrected chi connectivity index (χ3v) is 2.32. The van der Waals surface area contributed by atoms with Gasteiger partial charge in [-0.05, 0) is 24.6 Å². The van der Waals surface area contributed by atoms with Crippen LogP contribution in [-0.2, 0) is 16.1 Å². The maximum Gasteiger partial charge on any atom is 0.239 e. The van der Waals surface area contributed by atoms with Crippen molar-refractivity contribution in [3.63, 3.8) is 0 Å². The fourth-order valence-corrected chi connectivity index (χ4v) is 1.19. The predicted molar refractivity (Wildman–Crippen MR) is 60.5 cm³/mol. The van der Waals surface area contributed by atoms with Crippen LogP contribution in [0.15, 0.2) is 24.5 Å². The number of hydrogen-bond donors (Lipinski definition) is 2. The molecule has 16 heavy (non-hydrogen) atoms. The van der Waals surface area contributed by atoms with Crippen LogP contribution in [-0.4, -0.2) is 30.1 Å². The van der Waals surface area contributed by atoms with Gasteiger partial charge in [0.2, 0.25) is 5.91 Å². The Balaban J connectivity index is 2.41. The molecule has 0 fully saturated rings. The zero-order chi connectivity index (χ0) is 12.0. The van der Waals surface area contributed by atoms with Gasteiger partial charge in [-0.1, -0.05) is 0 Å². The largest absolute Gasteiger partial charge is 0.372 e. The second-order valence-corrected chi connectivity index (χ2v) is 3.51. The van der Waals surface area contributed by atoms with Gasteiger partial charge >= 0.3 is 0 Å². The average Bonchev–Trinajstić information content (AvgIpc) is 2.35. The Bertz CT molecular complexity index is 329. The third-order valence-electron chi connectivity index (χ3n) is 2.32. The lowest BCUT2D eigenvalue weighted by Crippen LogP contribution is -2.46. The molecule has 3 N–H and O–H groups in total. The number of carbonyl (C=O) groups is 1. The number of nitrogens with two attached hydrogens (primary N) is 1. The first-order valence-corrected chi connectivity index (χ1v) is 5.13. The molecule has 0 unspecified atom stereocenters. The highest BCUT2D eigenvalue weighted by Gasteiger charge is 2.19. The van der Waals surface area contributed by atoms with E-state index in [0.717, 1.165) is 5.56 Å². The highest BCUT2D eigenvalue weighted by atomic mass is 16.5. The Kier molecular flexibility index (Phi) is 4.88. The molecule has 0 radical (unpaired) electrons. The van der Waals surface area contributed by atoms with Crippen molar-refractivity contribution >= 4 is 5.91 Å². The molecule has 1 heterocycles. The van der Waals surface area contributed by atoms with E-state index in [-0.39, 0.29) is 12.0 Å². The van der Waals surface area contributed by atoms with E-state index in [1.807, 2.05) is 12.1 Å². The van der Waals surface area contributed by atoms with E-state index in [4.69, 9.17) is 10.5 Å². The smallest absolute Gasteiger partial charge is 0.239 e. The van der Waals surface area contributed by atoms with E-state index in [1.54, 1.807) is 26.4 Å². The molecule has 0 bridgehead atoms. The topological polar surface area (TPSA) is 77.2 Å². The number of rotatable bonds is 5. The number of pyridine rings is 1. The van der Waals surface area contributed by atoms with Gasteiger partial charge in [-0.25, -0.2) is 0 Å². The van der Waals surface area contributed by atoms with E-state index in [0.29, 0.717) is 6.61 Å². The first-order valence-electron chi connectivity index (χ1n) is 5.13. The minimum absolute atomic E-state index is 0.220. The number of nitrogens with zero attached hydrogens (tertiary/aromatic N) is 1. The van der Waals surface area contributed by atoms with Crippen LogP contribution < -0.4 is 11.1 Å². The van der Waals surface area contributed by atoms with Crippen LogP contribution in [0.3, 0.4) is 0 Å². The Morgan fingerprint density at radius 3 is 2.75 bits per heavy atom. The summed E-state index contributed by atoms with van der Waals surface area (Å²) >= 11 is 0. The minimum Gasteiger partial charge on any atom is -0.372 e. The molecule has 0 spiro atoms. The van der Waals surface area contributed by atoms with Gasteiger partial charge in [0.25, 0.3) is 0 Å². The molecule has 1 amide bonds. The number of aromatic nitrogens is 1. The second-order valence-electron chi connectivity index (χ2n) is 3.51. The van der Waals surface area contributed by atoms with E-state index in [1.165, 1.54) is 0 Å². The molecule has 2 atom stereocenters. The normalized spacial score (nSPS) is 14.2. The molecule has 0 saturated heterocycles. The summed E-state index contributed by atoms with van der Waals surface area (Å²) in [5.74, 6) is -0.220. The van der Waals surface area contributed by atoms with Crippen LogP contribution >= 0.6 is 0 Å². The molecule has 0 aliphatic heterocycles. The van der Waals surface area contributed by atoms with Crippen LogP contribution in [0.5, 0.6) is 0 Å². The summed E-state index contributed by atoms with van der Waals surface area (Å²) in [5.41, 5.74) is 6.69. The molecular formula is C11H17N3O2. The lowest BCUT2D eigenvalue weighted by molar-refractivity contribution is -0.125. The Morgan fingerprint density at radius 1 is 1.56 bits per heavy atom. The van der Waals surface area contributed by atoms with Gasteiger partial charge in [0.1, 0.15) is 6.04 Å². The van der Waals surface area contributed by atoms with Crippen molar-refractivity contribution in [1.29, 1.82) is 0 Å². The molecule has 0 aliphatic carbocycles. The summed E-state index contributed by atoms with van der Waals surface area (Å²) in [4.78, 5) is 15.1. The monoisotopic (exact) mass is 223 g/mol. The molecule has 5 heteroatoms. The number of likely N-dealkylation sites (N-methyl/N-ethyl adjacent to an activating group) is 1. The van der Waals surface area contributed by atoms with Gasteiger partial charge in [-0.3, -0.25) is 9.78 Å². The maximum atomic E-state index is 11.2. The molecule has 0 saturated carbocycles. The summed E-state index contributed by atoms with van der Waals surface area (Å²) in [6.45, 7) is 2.20. The van der Waals surface area contributed by atoms with Crippen LogP contribution in [0.25, 0.3) is 0 Å². The highest BCUT2D eigenvalue weighted by molar-refractivity contribution is 5.81. The summed E-state index contributed by atoms with van der Waals surface area (Å²) in [7, 11) is 1.55. The zero-order valence-corrected chi connectivity index (χ0v) is 9.51.